The summed E-state index contributed by atoms with van der Waals surface area (Å²) in [6.45, 7) is 2.15. The predicted molar refractivity (Wildman–Crippen MR) is 55.1 cm³/mol. The molecule has 0 bridgehead atoms. The Balaban J connectivity index is 3.24. The molecule has 0 spiro atoms. The molecule has 0 unspecified atom stereocenters. The lowest BCUT2D eigenvalue weighted by Gasteiger charge is -2.12. The number of rotatable bonds is 7. The van der Waals surface area contributed by atoms with Crippen molar-refractivity contribution in [3.63, 3.8) is 0 Å². The largest absolute Gasteiger partial charge is 0.395 e. The van der Waals surface area contributed by atoms with E-state index in [-0.39, 0.29) is 17.4 Å². The second-order valence-corrected chi connectivity index (χ2v) is 4.19. The van der Waals surface area contributed by atoms with E-state index in [1.165, 1.54) is 19.3 Å². The molecule has 12 heavy (non-hydrogen) atoms. The van der Waals surface area contributed by atoms with Crippen LogP contribution in [0.5, 0.6) is 0 Å². The van der Waals surface area contributed by atoms with Crippen LogP contribution in [-0.4, -0.2) is 22.5 Å². The molecular formula is C9H18Cl2O. The van der Waals surface area contributed by atoms with E-state index in [2.05, 4.69) is 6.92 Å². The van der Waals surface area contributed by atoms with Crippen molar-refractivity contribution in [2.45, 2.75) is 49.8 Å². The zero-order chi connectivity index (χ0) is 9.40. The quantitative estimate of drug-likeness (QED) is 0.508. The van der Waals surface area contributed by atoms with Crippen molar-refractivity contribution in [3.8, 4) is 0 Å². The summed E-state index contributed by atoms with van der Waals surface area (Å²) >= 11 is 11.7. The molecule has 0 amide bonds. The highest BCUT2D eigenvalue weighted by molar-refractivity contribution is 6.30. The Kier molecular flexibility index (Phi) is 8.52. The van der Waals surface area contributed by atoms with E-state index in [1.807, 2.05) is 0 Å². The Morgan fingerprint density at radius 1 is 1.08 bits per heavy atom. The van der Waals surface area contributed by atoms with E-state index in [4.69, 9.17) is 28.3 Å². The second kappa shape index (κ2) is 8.15. The second-order valence-electron chi connectivity index (χ2n) is 3.06. The Labute approximate surface area is 85.1 Å². The van der Waals surface area contributed by atoms with Gasteiger partial charge in [0, 0.05) is 0 Å². The van der Waals surface area contributed by atoms with E-state index in [0.717, 1.165) is 12.8 Å². The van der Waals surface area contributed by atoms with Crippen LogP contribution >= 0.6 is 23.2 Å². The van der Waals surface area contributed by atoms with Crippen molar-refractivity contribution < 1.29 is 5.11 Å². The zero-order valence-electron chi connectivity index (χ0n) is 7.60. The molecule has 0 aromatic rings. The molecule has 0 aromatic carbocycles. The summed E-state index contributed by atoms with van der Waals surface area (Å²) < 4.78 is 0. The van der Waals surface area contributed by atoms with Gasteiger partial charge in [0.15, 0.2) is 0 Å². The van der Waals surface area contributed by atoms with Crippen LogP contribution in [-0.2, 0) is 0 Å². The van der Waals surface area contributed by atoms with Gasteiger partial charge < -0.3 is 5.11 Å². The average Bonchev–Trinajstić information content (AvgIpc) is 2.10. The van der Waals surface area contributed by atoms with Crippen LogP contribution in [0.1, 0.15) is 39.0 Å². The van der Waals surface area contributed by atoms with Gasteiger partial charge in [-0.3, -0.25) is 0 Å². The lowest BCUT2D eigenvalue weighted by molar-refractivity contribution is 0.287. The number of aliphatic hydroxyl groups excluding tert-OH is 1. The van der Waals surface area contributed by atoms with Crippen LogP contribution in [0.25, 0.3) is 0 Å². The molecule has 0 heterocycles. The maximum absolute atomic E-state index is 8.69. The number of unbranched alkanes of at least 4 members (excludes halogenated alkanes) is 3. The van der Waals surface area contributed by atoms with Gasteiger partial charge in [0.1, 0.15) is 0 Å². The van der Waals surface area contributed by atoms with Crippen LogP contribution in [0.3, 0.4) is 0 Å². The van der Waals surface area contributed by atoms with Crippen LogP contribution in [0, 0.1) is 0 Å². The first-order valence-corrected chi connectivity index (χ1v) is 5.48. The number of hydrogen-bond donors (Lipinski definition) is 1. The van der Waals surface area contributed by atoms with Gasteiger partial charge in [0.25, 0.3) is 0 Å². The van der Waals surface area contributed by atoms with Gasteiger partial charge >= 0.3 is 0 Å². The molecular weight excluding hydrogens is 195 g/mol. The smallest absolute Gasteiger partial charge is 0.0730 e. The Bertz CT molecular complexity index is 98.5. The average molecular weight is 213 g/mol. The third-order valence-corrected chi connectivity index (χ3v) is 2.99. The highest BCUT2D eigenvalue weighted by Crippen LogP contribution is 2.17. The molecule has 0 saturated carbocycles. The van der Waals surface area contributed by atoms with Crippen molar-refractivity contribution in [2.75, 3.05) is 6.61 Å². The molecule has 1 nitrogen and oxygen atoms in total. The number of hydrogen-bond acceptors (Lipinski definition) is 1. The van der Waals surface area contributed by atoms with Gasteiger partial charge in [-0.25, -0.2) is 0 Å². The first kappa shape index (κ1) is 12.5. The summed E-state index contributed by atoms with van der Waals surface area (Å²) in [5.41, 5.74) is 0. The lowest BCUT2D eigenvalue weighted by Crippen LogP contribution is -2.18. The van der Waals surface area contributed by atoms with Gasteiger partial charge in [0.2, 0.25) is 0 Å². The van der Waals surface area contributed by atoms with Crippen molar-refractivity contribution in [2.24, 2.45) is 0 Å². The molecule has 0 rings (SSSR count). The highest BCUT2D eigenvalue weighted by Gasteiger charge is 2.14. The number of aliphatic hydroxyl groups is 1. The Hall–Kier alpha value is 0.540. The normalized spacial score (nSPS) is 16.0. The molecule has 2 atom stereocenters. The molecule has 3 heteroatoms. The van der Waals surface area contributed by atoms with Crippen molar-refractivity contribution in [3.05, 3.63) is 0 Å². The van der Waals surface area contributed by atoms with E-state index >= 15 is 0 Å². The van der Waals surface area contributed by atoms with Gasteiger partial charge in [-0.1, -0.05) is 32.6 Å². The molecule has 0 aliphatic heterocycles. The molecule has 1 N–H and O–H groups in total. The molecule has 0 aliphatic rings. The minimum absolute atomic E-state index is 0.0243. The predicted octanol–water partition coefficient (Wildman–Crippen LogP) is 3.16. The van der Waals surface area contributed by atoms with Gasteiger partial charge in [-0.2, -0.15) is 0 Å². The summed E-state index contributed by atoms with van der Waals surface area (Å²) in [5.74, 6) is 0. The molecule has 0 aromatic heterocycles. The first-order chi connectivity index (χ1) is 5.72. The zero-order valence-corrected chi connectivity index (χ0v) is 9.11. The number of halogens is 2. The van der Waals surface area contributed by atoms with Gasteiger partial charge in [-0.05, 0) is 6.42 Å². The van der Waals surface area contributed by atoms with Crippen LogP contribution < -0.4 is 0 Å². The van der Waals surface area contributed by atoms with Gasteiger partial charge in [0.05, 0.1) is 17.4 Å². The third kappa shape index (κ3) is 6.10. The third-order valence-electron chi connectivity index (χ3n) is 1.90. The van der Waals surface area contributed by atoms with E-state index in [1.54, 1.807) is 0 Å². The monoisotopic (exact) mass is 212 g/mol. The maximum Gasteiger partial charge on any atom is 0.0730 e. The Morgan fingerprint density at radius 2 is 1.75 bits per heavy atom. The van der Waals surface area contributed by atoms with E-state index < -0.39 is 0 Å². The van der Waals surface area contributed by atoms with E-state index in [0.29, 0.717) is 0 Å². The number of alkyl halides is 2. The standard InChI is InChI=1S/C9H18Cl2O/c1-2-3-4-5-6-8(10)9(11)7-12/h8-9,12H,2-7H2,1H3/t8-,9+/m1/s1. The summed E-state index contributed by atoms with van der Waals surface area (Å²) in [6, 6.07) is 0. The SMILES string of the molecule is CCCCCC[C@@H](Cl)[C@@H](Cl)CO. The topological polar surface area (TPSA) is 20.2 Å². The lowest BCUT2D eigenvalue weighted by atomic mass is 10.1. The molecule has 0 aliphatic carbocycles. The fraction of sp³-hybridized carbons (Fsp3) is 1.00. The molecule has 0 saturated heterocycles. The molecule has 0 fully saturated rings. The molecule has 74 valence electrons. The summed E-state index contributed by atoms with van der Waals surface area (Å²) in [5, 5.41) is 8.33. The van der Waals surface area contributed by atoms with E-state index in [9.17, 15) is 0 Å². The van der Waals surface area contributed by atoms with Crippen LogP contribution in [0.2, 0.25) is 0 Å². The van der Waals surface area contributed by atoms with Crippen LogP contribution in [0.4, 0.5) is 0 Å². The fourth-order valence-electron chi connectivity index (χ4n) is 1.06. The highest BCUT2D eigenvalue weighted by atomic mass is 35.5. The van der Waals surface area contributed by atoms with Gasteiger partial charge in [-0.15, -0.1) is 23.2 Å². The minimum Gasteiger partial charge on any atom is -0.395 e. The van der Waals surface area contributed by atoms with Crippen LogP contribution in [0.15, 0.2) is 0 Å². The van der Waals surface area contributed by atoms with Crippen molar-refractivity contribution in [1.29, 1.82) is 0 Å². The first-order valence-electron chi connectivity index (χ1n) is 4.61. The van der Waals surface area contributed by atoms with Crippen molar-refractivity contribution in [1.82, 2.24) is 0 Å². The fourth-order valence-corrected chi connectivity index (χ4v) is 1.42. The Morgan fingerprint density at radius 3 is 2.25 bits per heavy atom. The summed E-state index contributed by atoms with van der Waals surface area (Å²) in [4.78, 5) is 0. The summed E-state index contributed by atoms with van der Waals surface area (Å²) in [6.07, 6.45) is 5.74. The van der Waals surface area contributed by atoms with Crippen molar-refractivity contribution >= 4 is 23.2 Å². The molecule has 0 radical (unpaired) electrons. The minimum atomic E-state index is -0.284. The maximum atomic E-state index is 8.69. The summed E-state index contributed by atoms with van der Waals surface area (Å²) in [7, 11) is 0.